The minimum Gasteiger partial charge on any atom is -0.352 e. The molecule has 2 aromatic carbocycles. The minimum absolute atomic E-state index is 0.0667. The van der Waals surface area contributed by atoms with Gasteiger partial charge in [-0.05, 0) is 49.7 Å². The summed E-state index contributed by atoms with van der Waals surface area (Å²) in [6.07, 6.45) is 5.56. The van der Waals surface area contributed by atoms with Crippen molar-refractivity contribution in [2.75, 3.05) is 17.6 Å². The third-order valence-corrected chi connectivity index (χ3v) is 5.46. The molecule has 6 nitrogen and oxygen atoms in total. The number of hydrogen-bond acceptors (Lipinski definition) is 4. The van der Waals surface area contributed by atoms with Gasteiger partial charge in [0.1, 0.15) is 0 Å². The normalized spacial score (nSPS) is 10.6. The van der Waals surface area contributed by atoms with Crippen molar-refractivity contribution in [3.8, 4) is 5.69 Å². The van der Waals surface area contributed by atoms with Crippen LogP contribution in [-0.2, 0) is 4.79 Å². The van der Waals surface area contributed by atoms with Gasteiger partial charge in [0.25, 0.3) is 5.91 Å². The zero-order valence-electron chi connectivity index (χ0n) is 17.2. The topological polar surface area (TPSA) is 76.0 Å². The van der Waals surface area contributed by atoms with E-state index < -0.39 is 0 Å². The third kappa shape index (κ3) is 5.97. The Labute approximate surface area is 181 Å². The number of carbonyl (C=O) groups is 2. The Morgan fingerprint density at radius 3 is 2.50 bits per heavy atom. The molecule has 0 unspecified atom stereocenters. The van der Waals surface area contributed by atoms with Crippen LogP contribution in [0.25, 0.3) is 5.69 Å². The number of thioether (sulfide) groups is 1. The molecule has 0 radical (unpaired) electrons. The van der Waals surface area contributed by atoms with Crippen LogP contribution in [0.2, 0.25) is 0 Å². The fraction of sp³-hybridized carbons (Fsp3) is 0.261. The lowest BCUT2D eigenvalue weighted by Crippen LogP contribution is -2.24. The maximum absolute atomic E-state index is 12.3. The molecule has 2 amide bonds. The summed E-state index contributed by atoms with van der Waals surface area (Å²) in [5, 5.41) is 6.52. The van der Waals surface area contributed by atoms with Crippen LogP contribution >= 0.6 is 11.8 Å². The predicted molar refractivity (Wildman–Crippen MR) is 121 cm³/mol. The van der Waals surface area contributed by atoms with Crippen LogP contribution in [0.3, 0.4) is 0 Å². The molecule has 0 bridgehead atoms. The molecule has 30 heavy (non-hydrogen) atoms. The number of anilines is 1. The first-order valence-electron chi connectivity index (χ1n) is 9.98. The van der Waals surface area contributed by atoms with Gasteiger partial charge in [0, 0.05) is 35.9 Å². The summed E-state index contributed by atoms with van der Waals surface area (Å²) in [6, 6.07) is 15.1. The second-order valence-electron chi connectivity index (χ2n) is 6.94. The Hall–Kier alpha value is -3.06. The molecule has 1 heterocycles. The Balaban J connectivity index is 1.58. The molecule has 0 atom stereocenters. The Bertz CT molecular complexity index is 981. The lowest BCUT2D eigenvalue weighted by molar-refractivity contribution is -0.113. The molecule has 7 heteroatoms. The van der Waals surface area contributed by atoms with E-state index in [4.69, 9.17) is 0 Å². The highest BCUT2D eigenvalue weighted by Crippen LogP contribution is 2.21. The quantitative estimate of drug-likeness (QED) is 0.395. The van der Waals surface area contributed by atoms with E-state index in [0.717, 1.165) is 29.8 Å². The van der Waals surface area contributed by atoms with Crippen LogP contribution in [0, 0.1) is 6.92 Å². The smallest absolute Gasteiger partial charge is 0.251 e. The Morgan fingerprint density at radius 1 is 1.07 bits per heavy atom. The number of benzene rings is 2. The van der Waals surface area contributed by atoms with Gasteiger partial charge in [-0.3, -0.25) is 14.2 Å². The number of nitrogens with one attached hydrogen (secondary N) is 2. The number of aryl methyl sites for hydroxylation is 1. The molecule has 3 rings (SSSR count). The van der Waals surface area contributed by atoms with Crippen LogP contribution in [0.15, 0.2) is 66.1 Å². The molecule has 0 aliphatic heterocycles. The highest BCUT2D eigenvalue weighted by atomic mass is 32.2. The fourth-order valence-corrected chi connectivity index (χ4v) is 3.58. The maximum Gasteiger partial charge on any atom is 0.251 e. The summed E-state index contributed by atoms with van der Waals surface area (Å²) in [6.45, 7) is 4.78. The number of rotatable bonds is 9. The lowest BCUT2D eigenvalue weighted by atomic mass is 10.2. The number of aromatic nitrogens is 2. The first-order chi connectivity index (χ1) is 14.6. The number of imidazole rings is 1. The van der Waals surface area contributed by atoms with Crippen LogP contribution < -0.4 is 10.6 Å². The average Bonchev–Trinajstić information content (AvgIpc) is 3.23. The predicted octanol–water partition coefficient (Wildman–Crippen LogP) is 4.44. The second-order valence-corrected chi connectivity index (χ2v) is 7.88. The van der Waals surface area contributed by atoms with Gasteiger partial charge in [-0.1, -0.05) is 42.8 Å². The summed E-state index contributed by atoms with van der Waals surface area (Å²) < 4.78 is 1.91. The molecule has 1 aromatic heterocycles. The van der Waals surface area contributed by atoms with Gasteiger partial charge in [0.15, 0.2) is 5.16 Å². The number of nitrogens with zero attached hydrogens (tertiary/aromatic N) is 2. The van der Waals surface area contributed by atoms with Gasteiger partial charge in [0.05, 0.1) is 5.75 Å². The molecular formula is C23H26N4O2S. The van der Waals surface area contributed by atoms with Gasteiger partial charge in [0.2, 0.25) is 5.91 Å². The van der Waals surface area contributed by atoms with E-state index >= 15 is 0 Å². The van der Waals surface area contributed by atoms with Crippen molar-refractivity contribution in [2.24, 2.45) is 0 Å². The van der Waals surface area contributed by atoms with Crippen molar-refractivity contribution in [3.63, 3.8) is 0 Å². The van der Waals surface area contributed by atoms with Gasteiger partial charge < -0.3 is 10.6 Å². The number of hydrogen-bond donors (Lipinski definition) is 2. The van der Waals surface area contributed by atoms with Crippen molar-refractivity contribution in [1.82, 2.24) is 14.9 Å². The lowest BCUT2D eigenvalue weighted by Gasteiger charge is -2.09. The second kappa shape index (κ2) is 10.6. The summed E-state index contributed by atoms with van der Waals surface area (Å²) in [4.78, 5) is 28.8. The molecule has 3 aromatic rings. The van der Waals surface area contributed by atoms with Crippen molar-refractivity contribution < 1.29 is 9.59 Å². The van der Waals surface area contributed by atoms with Gasteiger partial charge in [-0.25, -0.2) is 4.98 Å². The largest absolute Gasteiger partial charge is 0.352 e. The van der Waals surface area contributed by atoms with Gasteiger partial charge >= 0.3 is 0 Å². The number of carbonyl (C=O) groups excluding carboxylic acids is 2. The Morgan fingerprint density at radius 2 is 1.80 bits per heavy atom. The average molecular weight is 423 g/mol. The van der Waals surface area contributed by atoms with E-state index in [0.29, 0.717) is 17.3 Å². The number of amides is 2. The van der Waals surface area contributed by atoms with Crippen LogP contribution in [0.1, 0.15) is 35.7 Å². The van der Waals surface area contributed by atoms with Crippen LogP contribution in [0.4, 0.5) is 5.69 Å². The zero-order chi connectivity index (χ0) is 21.3. The van der Waals surface area contributed by atoms with E-state index in [2.05, 4.69) is 22.5 Å². The Kier molecular flexibility index (Phi) is 7.68. The fourth-order valence-electron chi connectivity index (χ4n) is 2.81. The molecule has 0 saturated heterocycles. The van der Waals surface area contributed by atoms with Crippen molar-refractivity contribution in [1.29, 1.82) is 0 Å². The van der Waals surface area contributed by atoms with E-state index in [1.807, 2.05) is 54.1 Å². The maximum atomic E-state index is 12.3. The standard InChI is InChI=1S/C23H26N4O2S/c1-3-4-13-24-22(29)18-7-11-20(12-8-18)27-15-14-25-23(27)30-16-21(28)26-19-9-5-17(2)6-10-19/h5-12,14-15H,3-4,13,16H2,1-2H3,(H,24,29)(H,26,28). The van der Waals surface area contributed by atoms with E-state index in [9.17, 15) is 9.59 Å². The summed E-state index contributed by atoms with van der Waals surface area (Å²) in [5.74, 6) is 0.100. The van der Waals surface area contributed by atoms with Crippen molar-refractivity contribution in [2.45, 2.75) is 31.8 Å². The molecule has 2 N–H and O–H groups in total. The van der Waals surface area contributed by atoms with Gasteiger partial charge in [-0.2, -0.15) is 0 Å². The SMILES string of the molecule is CCCCNC(=O)c1ccc(-n2ccnc2SCC(=O)Nc2ccc(C)cc2)cc1. The van der Waals surface area contributed by atoms with E-state index in [1.54, 1.807) is 18.3 Å². The van der Waals surface area contributed by atoms with E-state index in [1.165, 1.54) is 11.8 Å². The number of unbranched alkanes of at least 4 members (excludes halogenated alkanes) is 1. The molecule has 156 valence electrons. The highest BCUT2D eigenvalue weighted by Gasteiger charge is 2.11. The van der Waals surface area contributed by atoms with Crippen LogP contribution in [0.5, 0.6) is 0 Å². The molecule has 0 saturated carbocycles. The highest BCUT2D eigenvalue weighted by molar-refractivity contribution is 7.99. The van der Waals surface area contributed by atoms with Gasteiger partial charge in [-0.15, -0.1) is 0 Å². The first-order valence-corrected chi connectivity index (χ1v) is 11.0. The molecule has 0 fully saturated rings. The summed E-state index contributed by atoms with van der Waals surface area (Å²) in [5.41, 5.74) is 3.44. The van der Waals surface area contributed by atoms with Crippen LogP contribution in [-0.4, -0.2) is 33.7 Å². The monoisotopic (exact) mass is 422 g/mol. The molecule has 0 aliphatic rings. The van der Waals surface area contributed by atoms with Crippen molar-refractivity contribution in [3.05, 3.63) is 72.1 Å². The third-order valence-electron chi connectivity index (χ3n) is 4.50. The molecule has 0 aliphatic carbocycles. The molecular weight excluding hydrogens is 396 g/mol. The summed E-state index contributed by atoms with van der Waals surface area (Å²) in [7, 11) is 0. The zero-order valence-corrected chi connectivity index (χ0v) is 18.0. The molecule has 0 spiro atoms. The minimum atomic E-state index is -0.0856. The van der Waals surface area contributed by atoms with Crippen molar-refractivity contribution >= 4 is 29.3 Å². The first kappa shape index (κ1) is 21.6. The summed E-state index contributed by atoms with van der Waals surface area (Å²) >= 11 is 1.36. The van der Waals surface area contributed by atoms with E-state index in [-0.39, 0.29) is 17.6 Å².